The number of carbonyl (C=O) groups excluding carboxylic acids is 1. The third-order valence-corrected chi connectivity index (χ3v) is 1.96. The fourth-order valence-electron chi connectivity index (χ4n) is 1.39. The minimum Gasteiger partial charge on any atom is -0.462 e. The van der Waals surface area contributed by atoms with Crippen LogP contribution in [0.2, 0.25) is 0 Å². The van der Waals surface area contributed by atoms with Gasteiger partial charge in [-0.2, -0.15) is 0 Å². The van der Waals surface area contributed by atoms with Gasteiger partial charge in [0.2, 0.25) is 0 Å². The number of cyclic esters (lactones) is 1. The second-order valence-electron chi connectivity index (χ2n) is 2.97. The van der Waals surface area contributed by atoms with Crippen LogP contribution in [0.3, 0.4) is 0 Å². The van der Waals surface area contributed by atoms with Crippen LogP contribution in [0.4, 0.5) is 0 Å². The van der Waals surface area contributed by atoms with Crippen LogP contribution in [0.5, 0.6) is 0 Å². The molecule has 0 aromatic carbocycles. The molecule has 1 heterocycles. The van der Waals surface area contributed by atoms with Crippen molar-refractivity contribution in [2.75, 3.05) is 13.7 Å². The van der Waals surface area contributed by atoms with Crippen LogP contribution in [0.1, 0.15) is 12.8 Å². The lowest BCUT2D eigenvalue weighted by Gasteiger charge is -2.03. The van der Waals surface area contributed by atoms with Crippen molar-refractivity contribution in [1.82, 2.24) is 0 Å². The number of rotatable bonds is 4. The zero-order valence-corrected chi connectivity index (χ0v) is 7.29. The Morgan fingerprint density at radius 1 is 1.83 bits per heavy atom. The first kappa shape index (κ1) is 9.26. The summed E-state index contributed by atoms with van der Waals surface area (Å²) in [5, 5.41) is 0. The van der Waals surface area contributed by atoms with E-state index >= 15 is 0 Å². The molecule has 0 saturated carbocycles. The molecule has 1 saturated heterocycles. The summed E-state index contributed by atoms with van der Waals surface area (Å²) < 4.78 is 9.97. The quantitative estimate of drug-likeness (QED) is 0.469. The number of ether oxygens (including phenoxy) is 2. The topological polar surface area (TPSA) is 35.5 Å². The van der Waals surface area contributed by atoms with E-state index < -0.39 is 0 Å². The molecule has 0 bridgehead atoms. The van der Waals surface area contributed by atoms with E-state index in [9.17, 15) is 4.79 Å². The molecule has 12 heavy (non-hydrogen) atoms. The Bertz CT molecular complexity index is 177. The molecule has 0 amide bonds. The van der Waals surface area contributed by atoms with E-state index in [4.69, 9.17) is 9.47 Å². The van der Waals surface area contributed by atoms with Gasteiger partial charge in [-0.05, 0) is 0 Å². The summed E-state index contributed by atoms with van der Waals surface area (Å²) in [6, 6.07) is 0. The third kappa shape index (κ3) is 2.08. The molecule has 3 heteroatoms. The molecule has 68 valence electrons. The molecular formula is C9H14O3. The zero-order chi connectivity index (χ0) is 8.97. The summed E-state index contributed by atoms with van der Waals surface area (Å²) in [4.78, 5) is 11.1. The summed E-state index contributed by atoms with van der Waals surface area (Å²) >= 11 is 0. The zero-order valence-electron chi connectivity index (χ0n) is 7.29. The summed E-state index contributed by atoms with van der Waals surface area (Å²) in [6.07, 6.45) is 3.30. The number of methoxy groups -OCH3 is 1. The van der Waals surface area contributed by atoms with Crippen molar-refractivity contribution in [2.45, 2.75) is 18.9 Å². The van der Waals surface area contributed by atoms with Crippen molar-refractivity contribution >= 4 is 5.97 Å². The second-order valence-corrected chi connectivity index (χ2v) is 2.97. The van der Waals surface area contributed by atoms with Crippen molar-refractivity contribution in [1.29, 1.82) is 0 Å². The third-order valence-electron chi connectivity index (χ3n) is 1.96. The molecule has 1 fully saturated rings. The van der Waals surface area contributed by atoms with Crippen molar-refractivity contribution in [3.8, 4) is 0 Å². The number of hydrogen-bond donors (Lipinski definition) is 0. The first-order chi connectivity index (χ1) is 5.77. The van der Waals surface area contributed by atoms with E-state index in [0.29, 0.717) is 6.61 Å². The average molecular weight is 170 g/mol. The van der Waals surface area contributed by atoms with E-state index in [0.717, 1.165) is 12.8 Å². The van der Waals surface area contributed by atoms with Gasteiger partial charge in [-0.1, -0.05) is 6.08 Å². The van der Waals surface area contributed by atoms with Crippen molar-refractivity contribution in [2.24, 2.45) is 5.92 Å². The predicted molar refractivity (Wildman–Crippen MR) is 44.7 cm³/mol. The largest absolute Gasteiger partial charge is 0.462 e. The first-order valence-corrected chi connectivity index (χ1v) is 4.08. The van der Waals surface area contributed by atoms with Gasteiger partial charge in [0.1, 0.15) is 6.10 Å². The van der Waals surface area contributed by atoms with E-state index in [1.165, 1.54) is 0 Å². The average Bonchev–Trinajstić information content (AvgIpc) is 2.34. The molecule has 0 spiro atoms. The Balaban J connectivity index is 2.38. The number of esters is 1. The lowest BCUT2D eigenvalue weighted by atomic mass is 10.0. The van der Waals surface area contributed by atoms with Gasteiger partial charge in [0.25, 0.3) is 0 Å². The maximum atomic E-state index is 11.1. The molecule has 0 aliphatic carbocycles. The summed E-state index contributed by atoms with van der Waals surface area (Å²) in [5.41, 5.74) is 0. The fraction of sp³-hybridized carbons (Fsp3) is 0.667. The Labute approximate surface area is 72.4 Å². The number of carbonyl (C=O) groups is 1. The van der Waals surface area contributed by atoms with Crippen LogP contribution in [0.15, 0.2) is 12.7 Å². The molecule has 0 aromatic heterocycles. The van der Waals surface area contributed by atoms with Gasteiger partial charge >= 0.3 is 5.97 Å². The van der Waals surface area contributed by atoms with E-state index in [1.807, 2.05) is 0 Å². The minimum atomic E-state index is -0.135. The van der Waals surface area contributed by atoms with Gasteiger partial charge < -0.3 is 9.47 Å². The SMILES string of the molecule is C=CCC1CC(COC)C(=O)O1. The van der Waals surface area contributed by atoms with E-state index in [2.05, 4.69) is 6.58 Å². The van der Waals surface area contributed by atoms with Gasteiger partial charge in [0.15, 0.2) is 0 Å². The standard InChI is InChI=1S/C9H14O3/c1-3-4-8-5-7(6-11-2)9(10)12-8/h3,7-8H,1,4-6H2,2H3. The molecule has 0 aromatic rings. The Morgan fingerprint density at radius 2 is 2.58 bits per heavy atom. The second kappa shape index (κ2) is 4.26. The Morgan fingerprint density at radius 3 is 3.17 bits per heavy atom. The van der Waals surface area contributed by atoms with E-state index in [1.54, 1.807) is 13.2 Å². The van der Waals surface area contributed by atoms with Crippen LogP contribution in [0.25, 0.3) is 0 Å². The molecular weight excluding hydrogens is 156 g/mol. The Hall–Kier alpha value is -0.830. The molecule has 1 aliphatic rings. The lowest BCUT2D eigenvalue weighted by molar-refractivity contribution is -0.145. The highest BCUT2D eigenvalue weighted by Gasteiger charge is 2.33. The van der Waals surface area contributed by atoms with Crippen molar-refractivity contribution < 1.29 is 14.3 Å². The highest BCUT2D eigenvalue weighted by Crippen LogP contribution is 2.23. The van der Waals surface area contributed by atoms with Gasteiger partial charge in [0, 0.05) is 20.0 Å². The summed E-state index contributed by atoms with van der Waals surface area (Å²) in [7, 11) is 1.59. The summed E-state index contributed by atoms with van der Waals surface area (Å²) in [6.45, 7) is 4.06. The maximum absolute atomic E-state index is 11.1. The molecule has 2 atom stereocenters. The highest BCUT2D eigenvalue weighted by molar-refractivity contribution is 5.74. The monoisotopic (exact) mass is 170 g/mol. The Kier molecular flexibility index (Phi) is 3.29. The van der Waals surface area contributed by atoms with Crippen LogP contribution >= 0.6 is 0 Å². The number of hydrogen-bond acceptors (Lipinski definition) is 3. The minimum absolute atomic E-state index is 0.0233. The molecule has 0 N–H and O–H groups in total. The van der Waals surface area contributed by atoms with Gasteiger partial charge in [0.05, 0.1) is 12.5 Å². The maximum Gasteiger partial charge on any atom is 0.311 e. The molecule has 1 aliphatic heterocycles. The highest BCUT2D eigenvalue weighted by atomic mass is 16.6. The van der Waals surface area contributed by atoms with Gasteiger partial charge in [-0.15, -0.1) is 6.58 Å². The van der Waals surface area contributed by atoms with Crippen molar-refractivity contribution in [3.63, 3.8) is 0 Å². The molecule has 3 nitrogen and oxygen atoms in total. The van der Waals surface area contributed by atoms with Gasteiger partial charge in [-0.25, -0.2) is 0 Å². The fourth-order valence-corrected chi connectivity index (χ4v) is 1.39. The normalized spacial score (nSPS) is 28.6. The van der Waals surface area contributed by atoms with Crippen LogP contribution in [-0.2, 0) is 14.3 Å². The van der Waals surface area contributed by atoms with Gasteiger partial charge in [-0.3, -0.25) is 4.79 Å². The smallest absolute Gasteiger partial charge is 0.311 e. The van der Waals surface area contributed by atoms with E-state index in [-0.39, 0.29) is 18.0 Å². The molecule has 2 unspecified atom stereocenters. The van der Waals surface area contributed by atoms with Crippen LogP contribution in [0, 0.1) is 5.92 Å². The lowest BCUT2D eigenvalue weighted by Crippen LogP contribution is -2.13. The summed E-state index contributed by atoms with van der Waals surface area (Å²) in [5.74, 6) is -0.205. The van der Waals surface area contributed by atoms with Crippen LogP contribution < -0.4 is 0 Å². The van der Waals surface area contributed by atoms with Crippen molar-refractivity contribution in [3.05, 3.63) is 12.7 Å². The molecule has 1 rings (SSSR count). The first-order valence-electron chi connectivity index (χ1n) is 4.08. The van der Waals surface area contributed by atoms with Crippen LogP contribution in [-0.4, -0.2) is 25.8 Å². The predicted octanol–water partition coefficient (Wildman–Crippen LogP) is 1.14. The molecule has 0 radical (unpaired) electrons.